The maximum atomic E-state index is 12.5. The number of carbonyl (C=O) groups excluding carboxylic acids is 2. The van der Waals surface area contributed by atoms with Gasteiger partial charge in [-0.2, -0.15) is 0 Å². The molecule has 1 unspecified atom stereocenters. The Bertz CT molecular complexity index is 798. The van der Waals surface area contributed by atoms with Crippen molar-refractivity contribution < 1.29 is 14.3 Å². The number of amides is 2. The molecular formula is C18H20N2O3S. The van der Waals surface area contributed by atoms with Crippen LogP contribution in [0.25, 0.3) is 0 Å². The summed E-state index contributed by atoms with van der Waals surface area (Å²) in [5.41, 5.74) is 7.76. The molecule has 126 valence electrons. The number of fused-ring (bicyclic) bond motifs is 1. The van der Waals surface area contributed by atoms with Gasteiger partial charge in [-0.05, 0) is 43.4 Å². The number of aryl methyl sites for hydroxylation is 1. The standard InChI is InChI=1S/C18H20N2O3S/c1-10-11(2)24-18(16(10)17(19)22)20-15(21)9-12-7-8-23-14-6-4-3-5-13(12)14/h3-6,12H,7-9H2,1-2H3,(H2,19,22)(H,20,21). The van der Waals surface area contributed by atoms with Gasteiger partial charge in [-0.25, -0.2) is 0 Å². The predicted molar refractivity (Wildman–Crippen MR) is 94.9 cm³/mol. The molecule has 0 saturated carbocycles. The fraction of sp³-hybridized carbons (Fsp3) is 0.333. The van der Waals surface area contributed by atoms with Crippen LogP contribution in [0.1, 0.15) is 45.1 Å². The predicted octanol–water partition coefficient (Wildman–Crippen LogP) is 3.36. The maximum Gasteiger partial charge on any atom is 0.251 e. The molecule has 1 aromatic heterocycles. The van der Waals surface area contributed by atoms with Crippen LogP contribution in [0, 0.1) is 13.8 Å². The Morgan fingerprint density at radius 3 is 2.83 bits per heavy atom. The minimum absolute atomic E-state index is 0.111. The lowest BCUT2D eigenvalue weighted by atomic mass is 9.90. The first-order valence-electron chi connectivity index (χ1n) is 7.88. The molecule has 1 atom stereocenters. The summed E-state index contributed by atoms with van der Waals surface area (Å²) in [5.74, 6) is 0.348. The molecule has 5 nitrogen and oxygen atoms in total. The molecule has 3 N–H and O–H groups in total. The van der Waals surface area contributed by atoms with Crippen LogP contribution >= 0.6 is 11.3 Å². The number of hydrogen-bond acceptors (Lipinski definition) is 4. The molecule has 2 amide bonds. The SMILES string of the molecule is Cc1sc(NC(=O)CC2CCOc3ccccc32)c(C(N)=O)c1C. The van der Waals surface area contributed by atoms with E-state index >= 15 is 0 Å². The van der Waals surface area contributed by atoms with Crippen LogP contribution in [0.15, 0.2) is 24.3 Å². The summed E-state index contributed by atoms with van der Waals surface area (Å²) < 4.78 is 5.63. The molecule has 6 heteroatoms. The van der Waals surface area contributed by atoms with Crippen LogP contribution in [0.2, 0.25) is 0 Å². The number of nitrogens with two attached hydrogens (primary N) is 1. The van der Waals surface area contributed by atoms with E-state index in [1.54, 1.807) is 0 Å². The number of nitrogens with one attached hydrogen (secondary N) is 1. The van der Waals surface area contributed by atoms with Crippen LogP contribution in [0.4, 0.5) is 5.00 Å². The van der Waals surface area contributed by atoms with Gasteiger partial charge in [0.25, 0.3) is 5.91 Å². The Morgan fingerprint density at radius 1 is 1.33 bits per heavy atom. The summed E-state index contributed by atoms with van der Waals surface area (Å²) in [6, 6.07) is 7.81. The minimum atomic E-state index is -0.511. The van der Waals surface area contributed by atoms with E-state index in [2.05, 4.69) is 5.32 Å². The second-order valence-corrected chi connectivity index (χ2v) is 7.20. The average Bonchev–Trinajstić information content (AvgIpc) is 2.82. The van der Waals surface area contributed by atoms with Gasteiger partial charge in [0.1, 0.15) is 10.8 Å². The number of primary amides is 1. The van der Waals surface area contributed by atoms with Crippen molar-refractivity contribution in [1.82, 2.24) is 0 Å². The Hall–Kier alpha value is -2.34. The Labute approximate surface area is 144 Å². The largest absolute Gasteiger partial charge is 0.493 e. The molecule has 0 radical (unpaired) electrons. The Balaban J connectivity index is 1.76. The van der Waals surface area contributed by atoms with Gasteiger partial charge in [0, 0.05) is 11.3 Å². The highest BCUT2D eigenvalue weighted by atomic mass is 32.1. The summed E-state index contributed by atoms with van der Waals surface area (Å²) >= 11 is 1.39. The quantitative estimate of drug-likeness (QED) is 0.892. The lowest BCUT2D eigenvalue weighted by Gasteiger charge is -2.25. The zero-order valence-corrected chi connectivity index (χ0v) is 14.5. The molecule has 0 saturated heterocycles. The molecule has 24 heavy (non-hydrogen) atoms. The van der Waals surface area contributed by atoms with Crippen molar-refractivity contribution in [2.45, 2.75) is 32.6 Å². The van der Waals surface area contributed by atoms with Gasteiger partial charge in [0.05, 0.1) is 12.2 Å². The molecule has 1 aromatic carbocycles. The van der Waals surface area contributed by atoms with Gasteiger partial charge in [-0.3, -0.25) is 9.59 Å². The molecule has 0 fully saturated rings. The topological polar surface area (TPSA) is 81.4 Å². The van der Waals surface area contributed by atoms with Gasteiger partial charge in [0.2, 0.25) is 5.91 Å². The zero-order valence-electron chi connectivity index (χ0n) is 13.7. The number of anilines is 1. The Kier molecular flexibility index (Phi) is 4.57. The summed E-state index contributed by atoms with van der Waals surface area (Å²) in [6.07, 6.45) is 1.16. The molecule has 1 aliphatic rings. The van der Waals surface area contributed by atoms with E-state index in [-0.39, 0.29) is 11.8 Å². The number of para-hydroxylation sites is 1. The average molecular weight is 344 g/mol. The third-order valence-electron chi connectivity index (χ3n) is 4.40. The van der Waals surface area contributed by atoms with Gasteiger partial charge in [-0.15, -0.1) is 11.3 Å². The number of hydrogen-bond donors (Lipinski definition) is 2. The van der Waals surface area contributed by atoms with Crippen LogP contribution < -0.4 is 15.8 Å². The molecule has 1 aliphatic heterocycles. The normalized spacial score (nSPS) is 16.2. The van der Waals surface area contributed by atoms with Gasteiger partial charge in [0.15, 0.2) is 0 Å². The first kappa shape index (κ1) is 16.5. The highest BCUT2D eigenvalue weighted by Gasteiger charge is 2.25. The van der Waals surface area contributed by atoms with Crippen molar-refractivity contribution in [2.75, 3.05) is 11.9 Å². The molecule has 2 heterocycles. The van der Waals surface area contributed by atoms with Crippen LogP contribution in [-0.4, -0.2) is 18.4 Å². The number of benzene rings is 1. The van der Waals surface area contributed by atoms with Crippen LogP contribution in [0.3, 0.4) is 0 Å². The van der Waals surface area contributed by atoms with E-state index in [0.717, 1.165) is 28.2 Å². The van der Waals surface area contributed by atoms with Crippen molar-refractivity contribution in [3.05, 3.63) is 45.8 Å². The minimum Gasteiger partial charge on any atom is -0.493 e. The summed E-state index contributed by atoms with van der Waals surface area (Å²) in [5, 5.41) is 3.41. The third kappa shape index (κ3) is 3.14. The Morgan fingerprint density at radius 2 is 2.08 bits per heavy atom. The second-order valence-electron chi connectivity index (χ2n) is 5.98. The summed E-state index contributed by atoms with van der Waals surface area (Å²) in [7, 11) is 0. The number of carbonyl (C=O) groups is 2. The van der Waals surface area contributed by atoms with E-state index in [4.69, 9.17) is 10.5 Å². The van der Waals surface area contributed by atoms with Crippen LogP contribution in [0.5, 0.6) is 5.75 Å². The monoisotopic (exact) mass is 344 g/mol. The smallest absolute Gasteiger partial charge is 0.251 e. The first-order chi connectivity index (χ1) is 11.5. The molecule has 0 spiro atoms. The first-order valence-corrected chi connectivity index (χ1v) is 8.70. The maximum absolute atomic E-state index is 12.5. The summed E-state index contributed by atoms with van der Waals surface area (Å²) in [4.78, 5) is 25.1. The van der Waals surface area contributed by atoms with Crippen molar-refractivity contribution >= 4 is 28.2 Å². The molecule has 0 aliphatic carbocycles. The highest BCUT2D eigenvalue weighted by Crippen LogP contribution is 2.36. The van der Waals surface area contributed by atoms with Gasteiger partial charge < -0.3 is 15.8 Å². The number of ether oxygens (including phenoxy) is 1. The molecule has 3 rings (SSSR count). The fourth-order valence-corrected chi connectivity index (χ4v) is 4.12. The highest BCUT2D eigenvalue weighted by molar-refractivity contribution is 7.16. The van der Waals surface area contributed by atoms with Crippen molar-refractivity contribution in [3.63, 3.8) is 0 Å². The molecule has 0 bridgehead atoms. The zero-order chi connectivity index (χ0) is 17.3. The second kappa shape index (κ2) is 6.65. The third-order valence-corrected chi connectivity index (χ3v) is 5.52. The number of rotatable bonds is 4. The van der Waals surface area contributed by atoms with E-state index in [1.807, 2.05) is 38.1 Å². The van der Waals surface area contributed by atoms with Crippen molar-refractivity contribution in [2.24, 2.45) is 5.73 Å². The van der Waals surface area contributed by atoms with E-state index in [1.165, 1.54) is 11.3 Å². The van der Waals surface area contributed by atoms with E-state index in [0.29, 0.717) is 23.6 Å². The van der Waals surface area contributed by atoms with Crippen LogP contribution in [-0.2, 0) is 4.79 Å². The molecule has 2 aromatic rings. The van der Waals surface area contributed by atoms with Gasteiger partial charge >= 0.3 is 0 Å². The molecular weight excluding hydrogens is 324 g/mol. The van der Waals surface area contributed by atoms with Crippen molar-refractivity contribution in [3.8, 4) is 5.75 Å². The summed E-state index contributed by atoms with van der Waals surface area (Å²) in [6.45, 7) is 4.37. The lowest BCUT2D eigenvalue weighted by molar-refractivity contribution is -0.116. The van der Waals surface area contributed by atoms with Crippen molar-refractivity contribution in [1.29, 1.82) is 0 Å². The van der Waals surface area contributed by atoms with E-state index < -0.39 is 5.91 Å². The van der Waals surface area contributed by atoms with Gasteiger partial charge in [-0.1, -0.05) is 18.2 Å². The van der Waals surface area contributed by atoms with E-state index in [9.17, 15) is 9.59 Å². The lowest BCUT2D eigenvalue weighted by Crippen LogP contribution is -2.22. The number of thiophene rings is 1. The fourth-order valence-electron chi connectivity index (χ4n) is 3.04.